The molecule has 0 spiro atoms. The van der Waals surface area contributed by atoms with Crippen LogP contribution in [0.25, 0.3) is 22.0 Å². The summed E-state index contributed by atoms with van der Waals surface area (Å²) < 4.78 is 5.54. The molecule has 1 atom stereocenters. The Morgan fingerprint density at radius 1 is 1.05 bits per heavy atom. The van der Waals surface area contributed by atoms with Crippen molar-refractivity contribution in [2.24, 2.45) is 5.10 Å². The number of carboxylic acids is 1. The first kappa shape index (κ1) is 25.2. The van der Waals surface area contributed by atoms with E-state index in [1.54, 1.807) is 24.3 Å². The van der Waals surface area contributed by atoms with Crippen LogP contribution in [0.5, 0.6) is 5.75 Å². The van der Waals surface area contributed by atoms with Crippen molar-refractivity contribution < 1.29 is 19.4 Å². The third-order valence-electron chi connectivity index (χ3n) is 6.53. The molecular formula is C29H23ClN3O5-. The number of nitrogens with zero attached hydrogens (tertiary/aromatic N) is 2. The van der Waals surface area contributed by atoms with E-state index < -0.39 is 24.3 Å². The first-order chi connectivity index (χ1) is 18.4. The number of rotatable bonds is 7. The molecule has 192 valence electrons. The van der Waals surface area contributed by atoms with Crippen molar-refractivity contribution in [1.29, 1.82) is 0 Å². The maximum absolute atomic E-state index is 13.6. The number of amides is 1. The van der Waals surface area contributed by atoms with Gasteiger partial charge in [-0.2, -0.15) is 5.10 Å². The lowest BCUT2D eigenvalue weighted by molar-refractivity contribution is -0.305. The summed E-state index contributed by atoms with van der Waals surface area (Å²) in [6, 6.07) is 21.3. The first-order valence-corrected chi connectivity index (χ1v) is 12.4. The number of hydrogen-bond donors (Lipinski definition) is 1. The molecule has 0 saturated carbocycles. The smallest absolute Gasteiger partial charge is 0.258 e. The zero-order chi connectivity index (χ0) is 26.8. The molecule has 0 radical (unpaired) electrons. The van der Waals surface area contributed by atoms with Crippen LogP contribution in [0.15, 0.2) is 82.7 Å². The van der Waals surface area contributed by atoms with E-state index in [0.717, 1.165) is 10.9 Å². The minimum absolute atomic E-state index is 0.215. The molecule has 4 aromatic rings. The van der Waals surface area contributed by atoms with E-state index >= 15 is 0 Å². The normalized spacial score (nSPS) is 14.9. The number of halogens is 1. The predicted molar refractivity (Wildman–Crippen MR) is 143 cm³/mol. The lowest BCUT2D eigenvalue weighted by atomic mass is 9.91. The molecule has 1 aromatic heterocycles. The Morgan fingerprint density at radius 3 is 2.53 bits per heavy atom. The summed E-state index contributed by atoms with van der Waals surface area (Å²) in [4.78, 5) is 40.7. The number of carboxylic acid groups (broad SMARTS) is 1. The molecule has 0 aliphatic carbocycles. The molecule has 1 aliphatic heterocycles. The summed E-state index contributed by atoms with van der Waals surface area (Å²) in [6.45, 7) is 0. The molecule has 0 unspecified atom stereocenters. The monoisotopic (exact) mass is 528 g/mol. The number of aliphatic carboxylic acids is 1. The van der Waals surface area contributed by atoms with Crippen LogP contribution in [0.3, 0.4) is 0 Å². The minimum Gasteiger partial charge on any atom is -0.550 e. The molecule has 0 fully saturated rings. The average molecular weight is 529 g/mol. The van der Waals surface area contributed by atoms with Gasteiger partial charge in [-0.25, -0.2) is 5.01 Å². The maximum atomic E-state index is 13.6. The third kappa shape index (κ3) is 4.78. The van der Waals surface area contributed by atoms with E-state index in [1.165, 1.54) is 12.1 Å². The van der Waals surface area contributed by atoms with Crippen molar-refractivity contribution in [3.63, 3.8) is 0 Å². The van der Waals surface area contributed by atoms with Crippen molar-refractivity contribution in [3.8, 4) is 16.9 Å². The molecular weight excluding hydrogens is 506 g/mol. The predicted octanol–water partition coefficient (Wildman–Crippen LogP) is 4.06. The highest BCUT2D eigenvalue weighted by Crippen LogP contribution is 2.40. The third-order valence-corrected chi connectivity index (χ3v) is 6.77. The number of pyridine rings is 1. The molecule has 8 nitrogen and oxygen atoms in total. The van der Waals surface area contributed by atoms with Gasteiger partial charge in [0, 0.05) is 45.9 Å². The summed E-state index contributed by atoms with van der Waals surface area (Å²) in [5.41, 5.74) is 3.10. The number of aromatic amines is 1. The fourth-order valence-electron chi connectivity index (χ4n) is 4.84. The Hall–Kier alpha value is -4.43. The Labute approximate surface area is 223 Å². The molecule has 1 aliphatic rings. The second-order valence-corrected chi connectivity index (χ2v) is 9.32. The molecule has 1 amide bonds. The summed E-state index contributed by atoms with van der Waals surface area (Å²) in [6.07, 6.45) is -0.518. The van der Waals surface area contributed by atoms with Crippen LogP contribution in [0.4, 0.5) is 0 Å². The standard InChI is InChI=1S/C29H24ClN3O5/c1-38-24-10-6-5-9-19(24)23-16-22(32-33(23)25(34)13-14-26(35)36)28-27(17-7-3-2-4-8-17)20-15-18(30)11-12-21(20)31-29(28)37/h2-12,15,23H,13-14,16H2,1H3,(H,31,37)(H,35,36)/p-1/t23-/m1/s1. The minimum atomic E-state index is -1.33. The van der Waals surface area contributed by atoms with E-state index in [2.05, 4.69) is 10.1 Å². The van der Waals surface area contributed by atoms with Crippen molar-refractivity contribution in [3.05, 3.63) is 99.3 Å². The fourth-order valence-corrected chi connectivity index (χ4v) is 5.02. The Kier molecular flexibility index (Phi) is 6.98. The summed E-state index contributed by atoms with van der Waals surface area (Å²) in [5, 5.41) is 18.2. The van der Waals surface area contributed by atoms with E-state index in [-0.39, 0.29) is 18.4 Å². The lowest BCUT2D eigenvalue weighted by Gasteiger charge is -2.23. The van der Waals surface area contributed by atoms with E-state index in [0.29, 0.717) is 38.7 Å². The van der Waals surface area contributed by atoms with Crippen molar-refractivity contribution in [2.45, 2.75) is 25.3 Å². The number of fused-ring (bicyclic) bond motifs is 1. The van der Waals surface area contributed by atoms with E-state index in [9.17, 15) is 19.5 Å². The number of carbonyl (C=O) groups excluding carboxylic acids is 2. The van der Waals surface area contributed by atoms with Gasteiger partial charge in [-0.05, 0) is 36.2 Å². The number of para-hydroxylation sites is 1. The van der Waals surface area contributed by atoms with Gasteiger partial charge in [-0.3, -0.25) is 9.59 Å². The molecule has 1 N–H and O–H groups in total. The molecule has 38 heavy (non-hydrogen) atoms. The number of nitrogens with one attached hydrogen (secondary N) is 1. The number of benzene rings is 3. The molecule has 0 bridgehead atoms. The molecule has 2 heterocycles. The number of ether oxygens (including phenoxy) is 1. The van der Waals surface area contributed by atoms with Gasteiger partial charge < -0.3 is 19.6 Å². The highest BCUT2D eigenvalue weighted by molar-refractivity contribution is 6.31. The maximum Gasteiger partial charge on any atom is 0.258 e. The second kappa shape index (κ2) is 10.5. The highest BCUT2D eigenvalue weighted by Gasteiger charge is 2.36. The largest absolute Gasteiger partial charge is 0.550 e. The van der Waals surface area contributed by atoms with Gasteiger partial charge in [0.25, 0.3) is 5.56 Å². The average Bonchev–Trinajstić information content (AvgIpc) is 3.36. The summed E-state index contributed by atoms with van der Waals surface area (Å²) in [7, 11) is 1.53. The van der Waals surface area contributed by atoms with Crippen LogP contribution < -0.4 is 15.4 Å². The molecule has 5 rings (SSSR count). The van der Waals surface area contributed by atoms with Crippen LogP contribution in [0.2, 0.25) is 5.02 Å². The summed E-state index contributed by atoms with van der Waals surface area (Å²) >= 11 is 6.35. The topological polar surface area (TPSA) is 115 Å². The van der Waals surface area contributed by atoms with Gasteiger partial charge in [-0.15, -0.1) is 0 Å². The van der Waals surface area contributed by atoms with Crippen molar-refractivity contribution in [1.82, 2.24) is 9.99 Å². The number of hydrazone groups is 1. The van der Waals surface area contributed by atoms with Gasteiger partial charge in [0.15, 0.2) is 0 Å². The zero-order valence-electron chi connectivity index (χ0n) is 20.4. The SMILES string of the molecule is COc1ccccc1[C@H]1CC(c2c(-c3ccccc3)c3cc(Cl)ccc3[nH]c2=O)=NN1C(=O)CCC(=O)[O-]. The Balaban J connectivity index is 1.71. The number of aromatic nitrogens is 1. The fraction of sp³-hybridized carbons (Fsp3) is 0.172. The van der Waals surface area contributed by atoms with Crippen LogP contribution in [-0.2, 0) is 9.59 Å². The van der Waals surface area contributed by atoms with Crippen molar-refractivity contribution in [2.75, 3.05) is 7.11 Å². The number of hydrogen-bond acceptors (Lipinski definition) is 6. The lowest BCUT2D eigenvalue weighted by Crippen LogP contribution is -2.30. The molecule has 9 heteroatoms. The first-order valence-electron chi connectivity index (χ1n) is 12.0. The summed E-state index contributed by atoms with van der Waals surface area (Å²) in [5.74, 6) is -1.28. The van der Waals surface area contributed by atoms with Gasteiger partial charge in [0.05, 0.1) is 24.4 Å². The van der Waals surface area contributed by atoms with E-state index in [1.807, 2.05) is 48.5 Å². The van der Waals surface area contributed by atoms with Gasteiger partial charge >= 0.3 is 0 Å². The molecule has 3 aromatic carbocycles. The van der Waals surface area contributed by atoms with Crippen LogP contribution in [-0.4, -0.2) is 34.7 Å². The number of H-pyrrole nitrogens is 1. The Morgan fingerprint density at radius 2 is 1.79 bits per heavy atom. The van der Waals surface area contributed by atoms with E-state index in [4.69, 9.17) is 16.3 Å². The number of methoxy groups -OCH3 is 1. The van der Waals surface area contributed by atoms with Gasteiger partial charge in [-0.1, -0.05) is 60.1 Å². The second-order valence-electron chi connectivity index (χ2n) is 8.88. The molecule has 0 saturated heterocycles. The zero-order valence-corrected chi connectivity index (χ0v) is 21.2. The van der Waals surface area contributed by atoms with Gasteiger partial charge in [0.2, 0.25) is 5.91 Å². The Bertz CT molecular complexity index is 1630. The van der Waals surface area contributed by atoms with Crippen LogP contribution in [0.1, 0.15) is 36.4 Å². The quantitative estimate of drug-likeness (QED) is 0.388. The highest BCUT2D eigenvalue weighted by atomic mass is 35.5. The van der Waals surface area contributed by atoms with Crippen molar-refractivity contribution >= 4 is 40.1 Å². The van der Waals surface area contributed by atoms with Crippen LogP contribution >= 0.6 is 11.6 Å². The van der Waals surface area contributed by atoms with Crippen LogP contribution in [0, 0.1) is 0 Å². The number of carbonyl (C=O) groups is 2. The van der Waals surface area contributed by atoms with Gasteiger partial charge in [0.1, 0.15) is 5.75 Å².